The summed E-state index contributed by atoms with van der Waals surface area (Å²) in [5, 5.41) is 9.46. The van der Waals surface area contributed by atoms with Crippen molar-refractivity contribution in [1.29, 1.82) is 0 Å². The maximum absolute atomic E-state index is 13.6. The average Bonchev–Trinajstić information content (AvgIpc) is 0.813. The van der Waals surface area contributed by atoms with Crippen molar-refractivity contribution in [2.75, 3.05) is 59.2 Å². The maximum atomic E-state index is 13.6. The van der Waals surface area contributed by atoms with Gasteiger partial charge in [0.2, 0.25) is 36.6 Å². The van der Waals surface area contributed by atoms with Crippen LogP contribution in [-0.4, -0.2) is 296 Å². The Labute approximate surface area is 762 Å². The monoisotopic (exact) mass is 2060 g/mol. The molecular formula is C69H59B7F20N2O31S6-6. The minimum absolute atomic E-state index is 0.00179. The van der Waals surface area contributed by atoms with Gasteiger partial charge in [-0.1, -0.05) is 103 Å². The molecule has 0 heterocycles. The first-order valence-electron chi connectivity index (χ1n) is 35.5. The van der Waals surface area contributed by atoms with E-state index in [0.29, 0.717) is 22.4 Å². The smallest absolute Gasteiger partial charge is 0.426 e. The average molecular weight is 2060 g/mol. The summed E-state index contributed by atoms with van der Waals surface area (Å²) in [5.41, 5.74) is 4.74. The molecule has 33 nitrogen and oxygen atoms in total. The van der Waals surface area contributed by atoms with Crippen molar-refractivity contribution in [2.45, 2.75) is 118 Å². The molecule has 66 heteroatoms. The molecule has 0 spiro atoms. The number of phenolic OH excluding ortho intramolecular Hbond substituents is 1. The van der Waals surface area contributed by atoms with Gasteiger partial charge in [-0.05, 0) is 89.0 Å². The van der Waals surface area contributed by atoms with Gasteiger partial charge in [-0.3, -0.25) is 0 Å². The Balaban J connectivity index is 0.000000810. The largest absolute Gasteiger partial charge is 0.748 e. The number of rotatable bonds is 32. The molecule has 0 bridgehead atoms. The lowest BCUT2D eigenvalue weighted by Gasteiger charge is -2.22. The molecule has 0 aromatic heterocycles. The van der Waals surface area contributed by atoms with Gasteiger partial charge in [0.1, 0.15) is 17.4 Å². The number of nitrogen functional groups attached to an aromatic ring is 1. The van der Waals surface area contributed by atoms with Crippen LogP contribution in [0.25, 0.3) is 0 Å². The molecule has 0 aliphatic rings. The van der Waals surface area contributed by atoms with Crippen molar-refractivity contribution in [3.05, 3.63) is 193 Å². The molecule has 6 aromatic rings. The van der Waals surface area contributed by atoms with E-state index in [4.69, 9.17) is 60.7 Å². The Morgan fingerprint density at radius 2 is 0.644 bits per heavy atom. The van der Waals surface area contributed by atoms with Crippen LogP contribution in [0.5, 0.6) is 5.75 Å². The second-order valence-corrected chi connectivity index (χ2v) is 35.1. The SMILES string of the molecule is [B]Cc1cc(C(=O)OC(CS(=O)(=O)[O-])C(F)(F)F)ccc1N(C)C.[B]Cc1ccc(C(=O)OC(CS(=O)(=O)[O-])C(F)(F)F)cc1O.[B]Cc1ccc(F)c(C(=O)OC(CS(=O)(=O)[O-])C(F)(F)F)c1.[B]Cc1ccc(N)c(C(=O)OC(CS(=O)(=O)[O-])C(F)(F)F)c1.[B]Cc1cccc(C(=O)OC(CS(=O)(=O)[O-])C(F)(F)F)c1C[B].[B]Cc1cccc(F)c1C(=O)OC(CS(=O)(=O)[O-])C(F)(F)F. The lowest BCUT2D eigenvalue weighted by atomic mass is 9.84. The molecule has 3 N–H and O–H groups in total. The van der Waals surface area contributed by atoms with E-state index in [0.717, 1.165) is 36.4 Å². The standard InChI is InChI=1S/C13H15BF3NO5S.C12H11B2F3O5S.2C11H9BF4O5S.C11H11BF3NO5S.C11H10BF3O6S/c1-18(2)10-4-3-8(5-9(10)6-14)12(19)23-11(13(15,16)17)7-24(20,21)22;13-4-7-2-1-3-8(9(7)5-14)11(18)22-10(12(15,16)17)6-23(19,20)21;12-4-6-1-2-8(13)7(3-6)10(17)21-9(11(14,15)16)5-22(18,19)20;12-4-6-2-1-3-7(13)9(6)10(17)21-8(11(14,15)16)5-22(18,19)20;12-4-6-1-2-8(16)7(3-6)10(17)21-9(11(13,14)15)5-22(18,19)20;12-4-7-2-1-6(3-8(7)16)10(17)21-9(11(13,14)15)5-22(18,19)20/h3-5,11H,6-7H2,1-2H3,(H,20,21,22);1-3,10H,4-6H2,(H,19,20,21);1-3,9H,4-5H2,(H,18,19,20);1-3,8H,4-5H2,(H,18,19,20);1-3,9H,4-5,16H2,(H,18,19,20);1-3,9,16H,4-5H2,(H,18,19,20)/p-6. The topological polar surface area (TPSA) is 550 Å². The lowest BCUT2D eigenvalue weighted by molar-refractivity contribution is -0.197. The number of esters is 6. The molecule has 6 atom stereocenters. The summed E-state index contributed by atoms with van der Waals surface area (Å²) in [6.07, 6.45) is -50.8. The molecule has 0 amide bonds. The van der Waals surface area contributed by atoms with Gasteiger partial charge in [-0.25, -0.2) is 88.1 Å². The minimum atomic E-state index is -5.33. The van der Waals surface area contributed by atoms with E-state index in [1.54, 1.807) is 19.0 Å². The number of hydrogen-bond acceptors (Lipinski definition) is 33. The predicted octanol–water partition coefficient (Wildman–Crippen LogP) is 5.23. The second-order valence-electron chi connectivity index (χ2n) is 26.4. The van der Waals surface area contributed by atoms with Crippen LogP contribution in [0.1, 0.15) is 101 Å². The molecule has 0 fully saturated rings. The third kappa shape index (κ3) is 45.3. The summed E-state index contributed by atoms with van der Waals surface area (Å²) in [5.74, 6) is -23.8. The van der Waals surface area contributed by atoms with Crippen molar-refractivity contribution >= 4 is 163 Å². The third-order valence-corrected chi connectivity index (χ3v) is 20.1. The zero-order valence-electron chi connectivity index (χ0n) is 67.8. The van der Waals surface area contributed by atoms with Gasteiger partial charge in [0.15, 0.2) is 0 Å². The van der Waals surface area contributed by atoms with Gasteiger partial charge < -0.3 is 71.5 Å². The Kier molecular flexibility index (Phi) is 46.4. The van der Waals surface area contributed by atoms with Crippen LogP contribution in [-0.2, 0) is 133 Å². The Hall–Kier alpha value is -9.95. The lowest BCUT2D eigenvalue weighted by Crippen LogP contribution is -2.39. The molecule has 0 aliphatic carbocycles. The quantitative estimate of drug-likeness (QED) is 0.0136. The zero-order valence-corrected chi connectivity index (χ0v) is 72.7. The summed E-state index contributed by atoms with van der Waals surface area (Å²) in [7, 11) is 9.26. The van der Waals surface area contributed by atoms with Crippen molar-refractivity contribution in [3.63, 3.8) is 0 Å². The van der Waals surface area contributed by atoms with E-state index in [1.807, 2.05) is 0 Å². The van der Waals surface area contributed by atoms with Gasteiger partial charge in [0.25, 0.3) is 0 Å². The molecule has 14 radical (unpaired) electrons. The van der Waals surface area contributed by atoms with Crippen molar-refractivity contribution < 1.29 is 228 Å². The molecule has 0 saturated heterocycles. The highest BCUT2D eigenvalue weighted by molar-refractivity contribution is 7.87. The molecule has 135 heavy (non-hydrogen) atoms. The molecule has 6 rings (SSSR count). The molecular weight excluding hydrogens is 2000 g/mol. The number of carbonyl (C=O) groups is 6. The fourth-order valence-corrected chi connectivity index (χ4v) is 13.4. The number of alkyl halides is 18. The van der Waals surface area contributed by atoms with Crippen LogP contribution in [0.2, 0.25) is 0 Å². The van der Waals surface area contributed by atoms with Crippen LogP contribution >= 0.6 is 0 Å². The molecule has 734 valence electrons. The summed E-state index contributed by atoms with van der Waals surface area (Å²) in [4.78, 5) is 72.0. The van der Waals surface area contributed by atoms with E-state index in [2.05, 4.69) is 28.4 Å². The van der Waals surface area contributed by atoms with Crippen molar-refractivity contribution in [2.24, 2.45) is 0 Å². The van der Waals surface area contributed by atoms with Crippen LogP contribution in [0, 0.1) is 11.6 Å². The van der Waals surface area contributed by atoms with Crippen LogP contribution in [0.4, 0.5) is 99.2 Å². The number of hydrogen-bond donors (Lipinski definition) is 2. The molecule has 6 unspecified atom stereocenters. The number of phenols is 1. The zero-order chi connectivity index (χ0) is 105. The fourth-order valence-electron chi connectivity index (χ4n) is 9.61. The number of aromatic hydroxyl groups is 1. The first-order chi connectivity index (χ1) is 61.1. The number of nitrogens with zero attached hydrogens (tertiary/aromatic N) is 1. The van der Waals surface area contributed by atoms with E-state index in [1.165, 1.54) is 72.8 Å². The summed E-state index contributed by atoms with van der Waals surface area (Å²) < 4.78 is 468. The number of benzene rings is 6. The number of anilines is 2. The molecule has 0 saturated carbocycles. The Morgan fingerprint density at radius 1 is 0.341 bits per heavy atom. The predicted molar refractivity (Wildman–Crippen MR) is 424 cm³/mol. The highest BCUT2D eigenvalue weighted by Gasteiger charge is 2.50. The number of ether oxygens (including phenoxy) is 6. The van der Waals surface area contributed by atoms with E-state index in [9.17, 15) is 200 Å². The van der Waals surface area contributed by atoms with Crippen molar-refractivity contribution in [1.82, 2.24) is 0 Å². The van der Waals surface area contributed by atoms with Gasteiger partial charge in [-0.15, -0.1) is 0 Å². The first kappa shape index (κ1) is 123. The van der Waals surface area contributed by atoms with Crippen molar-refractivity contribution in [3.8, 4) is 5.75 Å². The fraction of sp³-hybridized carbons (Fsp3) is 0.391. The number of nitrogens with two attached hydrogens (primary N) is 1. The van der Waals surface area contributed by atoms with Gasteiger partial charge in [0.05, 0.1) is 184 Å². The first-order valence-corrected chi connectivity index (χ1v) is 44.9. The second kappa shape index (κ2) is 50.9. The highest BCUT2D eigenvalue weighted by Crippen LogP contribution is 2.34. The summed E-state index contributed by atoms with van der Waals surface area (Å²) >= 11 is 0. The maximum Gasteiger partial charge on any atom is 0.426 e. The van der Waals surface area contributed by atoms with Crippen LogP contribution in [0.3, 0.4) is 0 Å². The Bertz CT molecular complexity index is 5720. The Morgan fingerprint density at radius 3 is 0.970 bits per heavy atom. The minimum Gasteiger partial charge on any atom is -0.748 e. The van der Waals surface area contributed by atoms with E-state index in [-0.39, 0.29) is 83.3 Å². The summed E-state index contributed by atoms with van der Waals surface area (Å²) in [6, 6.07) is 20.9. The number of carbonyl (C=O) groups excluding carboxylic acids is 6. The highest BCUT2D eigenvalue weighted by atomic mass is 32.2. The van der Waals surface area contributed by atoms with Gasteiger partial charge in [0, 0.05) is 25.5 Å². The molecule has 0 aliphatic heterocycles. The van der Waals surface area contributed by atoms with E-state index < -0.39 is 244 Å². The van der Waals surface area contributed by atoms with Crippen LogP contribution < -0.4 is 10.6 Å². The van der Waals surface area contributed by atoms with Crippen LogP contribution in [0.15, 0.2) is 109 Å². The number of halogens is 20. The normalized spacial score (nSPS) is 13.6. The van der Waals surface area contributed by atoms with Gasteiger partial charge >= 0.3 is 72.9 Å². The van der Waals surface area contributed by atoms with E-state index >= 15 is 0 Å². The molecule has 6 aromatic carbocycles. The third-order valence-electron chi connectivity index (χ3n) is 15.9. The van der Waals surface area contributed by atoms with Gasteiger partial charge in [-0.2, -0.15) is 79.0 Å². The summed E-state index contributed by atoms with van der Waals surface area (Å²) in [6.45, 7) is 0.